The summed E-state index contributed by atoms with van der Waals surface area (Å²) in [6.45, 7) is 0.405. The Morgan fingerprint density at radius 1 is 1.50 bits per heavy atom. The molecular formula is C10H12Cl2N2O2. The minimum Gasteiger partial charge on any atom is -0.449 e. The molecule has 2 rings (SSSR count). The van der Waals surface area contributed by atoms with Gasteiger partial charge in [0.25, 0.3) is 0 Å². The Morgan fingerprint density at radius 3 is 2.94 bits per heavy atom. The van der Waals surface area contributed by atoms with Gasteiger partial charge in [-0.05, 0) is 23.8 Å². The number of cyclic esters (lactones) is 1. The highest BCUT2D eigenvalue weighted by Gasteiger charge is 2.22. The van der Waals surface area contributed by atoms with Gasteiger partial charge in [-0.15, -0.1) is 12.4 Å². The molecular weight excluding hydrogens is 251 g/mol. The number of ether oxygens (including phenoxy) is 1. The molecule has 6 heteroatoms. The van der Waals surface area contributed by atoms with Crippen molar-refractivity contribution in [1.82, 2.24) is 5.32 Å². The molecule has 0 radical (unpaired) electrons. The summed E-state index contributed by atoms with van der Waals surface area (Å²) in [6, 6.07) is 5.12. The second-order valence-electron chi connectivity index (χ2n) is 3.39. The lowest BCUT2D eigenvalue weighted by Crippen LogP contribution is -2.35. The number of rotatable bonds is 1. The van der Waals surface area contributed by atoms with Crippen LogP contribution in [0.2, 0.25) is 5.02 Å². The first-order chi connectivity index (χ1) is 7.16. The number of nitrogens with one attached hydrogen (secondary N) is 1. The molecule has 1 aromatic carbocycles. The predicted molar refractivity (Wildman–Crippen MR) is 65.0 cm³/mol. The van der Waals surface area contributed by atoms with Gasteiger partial charge in [0.05, 0.1) is 12.6 Å². The second-order valence-corrected chi connectivity index (χ2v) is 3.83. The monoisotopic (exact) mass is 262 g/mol. The van der Waals surface area contributed by atoms with E-state index in [1.807, 2.05) is 0 Å². The largest absolute Gasteiger partial charge is 0.449 e. The Bertz CT molecular complexity index is 398. The second kappa shape index (κ2) is 5.27. The summed E-state index contributed by atoms with van der Waals surface area (Å²) in [6.07, 6.45) is 0.293. The zero-order valence-electron chi connectivity index (χ0n) is 8.40. The van der Waals surface area contributed by atoms with E-state index in [1.54, 1.807) is 18.2 Å². The first-order valence-corrected chi connectivity index (χ1v) is 5.03. The number of hydrogen-bond acceptors (Lipinski definition) is 3. The maximum absolute atomic E-state index is 11.0. The zero-order chi connectivity index (χ0) is 10.8. The molecule has 1 saturated heterocycles. The number of nitrogen functional groups attached to an aromatic ring is 1. The van der Waals surface area contributed by atoms with Crippen LogP contribution in [0.4, 0.5) is 10.5 Å². The molecule has 1 aliphatic rings. The lowest BCUT2D eigenvalue weighted by molar-refractivity contribution is 0.115. The van der Waals surface area contributed by atoms with E-state index in [9.17, 15) is 4.79 Å². The molecule has 0 bridgehead atoms. The van der Waals surface area contributed by atoms with Crippen LogP contribution in [0.5, 0.6) is 0 Å². The van der Waals surface area contributed by atoms with Gasteiger partial charge in [-0.25, -0.2) is 4.79 Å². The van der Waals surface area contributed by atoms with Crippen LogP contribution in [-0.4, -0.2) is 12.7 Å². The summed E-state index contributed by atoms with van der Waals surface area (Å²) in [5.41, 5.74) is 7.29. The summed E-state index contributed by atoms with van der Waals surface area (Å²) in [7, 11) is 0. The van der Waals surface area contributed by atoms with Gasteiger partial charge in [-0.2, -0.15) is 0 Å². The predicted octanol–water partition coefficient (Wildman–Crippen LogP) is 2.51. The molecule has 0 aliphatic carbocycles. The van der Waals surface area contributed by atoms with E-state index in [2.05, 4.69) is 5.32 Å². The molecule has 1 aromatic rings. The minimum absolute atomic E-state index is 0. The lowest BCUT2D eigenvalue weighted by Gasteiger charge is -2.24. The van der Waals surface area contributed by atoms with Crippen LogP contribution >= 0.6 is 24.0 Å². The number of benzene rings is 1. The average Bonchev–Trinajstić information content (AvgIpc) is 2.22. The molecule has 16 heavy (non-hydrogen) atoms. The number of nitrogens with two attached hydrogens (primary N) is 1. The molecule has 3 N–H and O–H groups in total. The van der Waals surface area contributed by atoms with Gasteiger partial charge < -0.3 is 15.8 Å². The molecule has 0 unspecified atom stereocenters. The molecule has 0 spiro atoms. The molecule has 1 aliphatic heterocycles. The quantitative estimate of drug-likeness (QED) is 0.765. The van der Waals surface area contributed by atoms with Gasteiger partial charge in [0.15, 0.2) is 0 Å². The Morgan fingerprint density at radius 2 is 2.25 bits per heavy atom. The lowest BCUT2D eigenvalue weighted by atomic mass is 10.0. The van der Waals surface area contributed by atoms with Crippen molar-refractivity contribution < 1.29 is 9.53 Å². The first-order valence-electron chi connectivity index (χ1n) is 4.65. The van der Waals surface area contributed by atoms with Gasteiger partial charge in [-0.3, -0.25) is 0 Å². The van der Waals surface area contributed by atoms with Crippen molar-refractivity contribution in [1.29, 1.82) is 0 Å². The van der Waals surface area contributed by atoms with Gasteiger partial charge in [0.2, 0.25) is 0 Å². The van der Waals surface area contributed by atoms with Crippen LogP contribution in [0.25, 0.3) is 0 Å². The van der Waals surface area contributed by atoms with Crippen molar-refractivity contribution in [2.75, 3.05) is 12.3 Å². The molecule has 1 fully saturated rings. The fourth-order valence-corrected chi connectivity index (χ4v) is 1.79. The molecule has 88 valence electrons. The van der Waals surface area contributed by atoms with E-state index in [0.717, 1.165) is 5.56 Å². The number of carbonyl (C=O) groups is 1. The van der Waals surface area contributed by atoms with Crippen LogP contribution < -0.4 is 11.1 Å². The summed E-state index contributed by atoms with van der Waals surface area (Å²) < 4.78 is 4.78. The minimum atomic E-state index is -0.411. The Kier molecular flexibility index (Phi) is 4.26. The number of anilines is 1. The van der Waals surface area contributed by atoms with Crippen molar-refractivity contribution in [3.63, 3.8) is 0 Å². The van der Waals surface area contributed by atoms with Crippen molar-refractivity contribution in [2.24, 2.45) is 0 Å². The van der Waals surface area contributed by atoms with Crippen LogP contribution in [0, 0.1) is 0 Å². The Labute approximate surface area is 105 Å². The third kappa shape index (κ3) is 2.71. The highest BCUT2D eigenvalue weighted by molar-refractivity contribution is 6.30. The van der Waals surface area contributed by atoms with Crippen LogP contribution in [-0.2, 0) is 4.74 Å². The zero-order valence-corrected chi connectivity index (χ0v) is 9.98. The summed E-state index contributed by atoms with van der Waals surface area (Å²) >= 11 is 5.87. The maximum atomic E-state index is 11.0. The van der Waals surface area contributed by atoms with Gasteiger partial charge in [0, 0.05) is 17.1 Å². The summed E-state index contributed by atoms with van der Waals surface area (Å²) in [5, 5.41) is 3.31. The van der Waals surface area contributed by atoms with E-state index in [4.69, 9.17) is 22.1 Å². The molecule has 0 saturated carbocycles. The van der Waals surface area contributed by atoms with Crippen molar-refractivity contribution >= 4 is 35.8 Å². The molecule has 0 aromatic heterocycles. The van der Waals surface area contributed by atoms with Crippen LogP contribution in [0.15, 0.2) is 18.2 Å². The number of carbonyl (C=O) groups excluding carboxylic acids is 1. The molecule has 4 nitrogen and oxygen atoms in total. The first kappa shape index (κ1) is 12.9. The number of amides is 1. The highest BCUT2D eigenvalue weighted by atomic mass is 35.5. The average molecular weight is 263 g/mol. The van der Waals surface area contributed by atoms with Crippen molar-refractivity contribution in [2.45, 2.75) is 12.5 Å². The van der Waals surface area contributed by atoms with Gasteiger partial charge in [-0.1, -0.05) is 11.6 Å². The smallest absolute Gasteiger partial charge is 0.407 e. The van der Waals surface area contributed by atoms with E-state index in [1.165, 1.54) is 0 Å². The topological polar surface area (TPSA) is 64.3 Å². The van der Waals surface area contributed by atoms with E-state index < -0.39 is 6.09 Å². The highest BCUT2D eigenvalue weighted by Crippen LogP contribution is 2.27. The van der Waals surface area contributed by atoms with Gasteiger partial charge in [0.1, 0.15) is 0 Å². The van der Waals surface area contributed by atoms with Crippen molar-refractivity contribution in [3.8, 4) is 0 Å². The van der Waals surface area contributed by atoms with E-state index >= 15 is 0 Å². The summed E-state index contributed by atoms with van der Waals surface area (Å²) in [4.78, 5) is 11.0. The third-order valence-electron chi connectivity index (χ3n) is 2.36. The molecule has 1 heterocycles. The standard InChI is InChI=1S/C10H11ClN2O2.ClH/c11-6-1-2-8(12)7(5-6)9-3-4-15-10(14)13-9;/h1-2,5,9H,3-4,12H2,(H,13,14);1H/t9-;/m0./s1. The van der Waals surface area contributed by atoms with E-state index in [0.29, 0.717) is 23.7 Å². The molecule has 1 atom stereocenters. The third-order valence-corrected chi connectivity index (χ3v) is 2.59. The van der Waals surface area contributed by atoms with E-state index in [-0.39, 0.29) is 18.4 Å². The number of hydrogen-bond donors (Lipinski definition) is 2. The number of halogens is 2. The maximum Gasteiger partial charge on any atom is 0.407 e. The Hall–Kier alpha value is -1.13. The van der Waals surface area contributed by atoms with Crippen LogP contribution in [0.1, 0.15) is 18.0 Å². The van der Waals surface area contributed by atoms with Gasteiger partial charge >= 0.3 is 6.09 Å². The van der Waals surface area contributed by atoms with Crippen LogP contribution in [0.3, 0.4) is 0 Å². The SMILES string of the molecule is Cl.Nc1ccc(Cl)cc1[C@@H]1CCOC(=O)N1. The molecule has 1 amide bonds. The Balaban J connectivity index is 0.00000128. The van der Waals surface area contributed by atoms with Crippen molar-refractivity contribution in [3.05, 3.63) is 28.8 Å². The number of alkyl carbamates (subject to hydrolysis) is 1. The normalized spacial score (nSPS) is 19.3. The summed E-state index contributed by atoms with van der Waals surface area (Å²) in [5.74, 6) is 0. The fraction of sp³-hybridized carbons (Fsp3) is 0.300. The fourth-order valence-electron chi connectivity index (χ4n) is 1.61.